The molecule has 0 spiro atoms. The van der Waals surface area contributed by atoms with Gasteiger partial charge in [0.15, 0.2) is 23.5 Å². The Hall–Kier alpha value is -2.60. The van der Waals surface area contributed by atoms with Crippen LogP contribution in [0.25, 0.3) is 22.6 Å². The van der Waals surface area contributed by atoms with Crippen LogP contribution in [0, 0.1) is 5.92 Å². The van der Waals surface area contributed by atoms with E-state index in [1.165, 1.54) is 49.4 Å². The molecule has 1 aliphatic carbocycles. The Balaban J connectivity index is 1.34. The molecule has 2 aliphatic rings. The van der Waals surface area contributed by atoms with Gasteiger partial charge < -0.3 is 25.8 Å². The third-order valence-electron chi connectivity index (χ3n) is 6.86. The first-order valence-electron chi connectivity index (χ1n) is 11.7. The molecule has 178 valence electrons. The molecular formula is C22H31N7O4. The zero-order valence-electron chi connectivity index (χ0n) is 18.5. The molecule has 1 saturated carbocycles. The number of aryl methyl sites for hydroxylation is 1. The number of rotatable bonds is 7. The van der Waals surface area contributed by atoms with Crippen molar-refractivity contribution in [3.63, 3.8) is 0 Å². The molecule has 11 nitrogen and oxygen atoms in total. The summed E-state index contributed by atoms with van der Waals surface area (Å²) < 4.78 is 9.04. The van der Waals surface area contributed by atoms with Crippen molar-refractivity contribution in [1.29, 1.82) is 0 Å². The summed E-state index contributed by atoms with van der Waals surface area (Å²) in [7, 11) is 0. The molecule has 11 heteroatoms. The van der Waals surface area contributed by atoms with E-state index >= 15 is 0 Å². The first-order valence-corrected chi connectivity index (χ1v) is 11.7. The lowest BCUT2D eigenvalue weighted by molar-refractivity contribution is -0.0511. The molecule has 5 rings (SSSR count). The number of nitrogens with two attached hydrogens (primary N) is 1. The Kier molecular flexibility index (Phi) is 6.28. The maximum Gasteiger partial charge on any atom is 0.168 e. The van der Waals surface area contributed by atoms with E-state index in [4.69, 9.17) is 10.5 Å². The van der Waals surface area contributed by atoms with Gasteiger partial charge in [-0.3, -0.25) is 9.25 Å². The number of fused-ring (bicyclic) bond motifs is 1. The number of hydrogen-bond donors (Lipinski definition) is 4. The van der Waals surface area contributed by atoms with Crippen LogP contribution < -0.4 is 5.73 Å². The predicted molar refractivity (Wildman–Crippen MR) is 120 cm³/mol. The van der Waals surface area contributed by atoms with E-state index < -0.39 is 31.1 Å². The van der Waals surface area contributed by atoms with Crippen molar-refractivity contribution in [2.75, 3.05) is 12.3 Å². The fourth-order valence-corrected chi connectivity index (χ4v) is 4.98. The van der Waals surface area contributed by atoms with Crippen molar-refractivity contribution in [2.24, 2.45) is 5.92 Å². The van der Waals surface area contributed by atoms with Gasteiger partial charge >= 0.3 is 0 Å². The van der Waals surface area contributed by atoms with Crippen molar-refractivity contribution in [3.05, 3.63) is 18.7 Å². The fourth-order valence-electron chi connectivity index (χ4n) is 4.98. The molecule has 3 aromatic rings. The number of nitrogens with zero attached hydrogens (tertiary/aromatic N) is 6. The zero-order valence-corrected chi connectivity index (χ0v) is 18.5. The van der Waals surface area contributed by atoms with Crippen LogP contribution in [0.5, 0.6) is 0 Å². The normalized spacial score (nSPS) is 26.4. The minimum atomic E-state index is -1.24. The Morgan fingerprint density at radius 3 is 2.70 bits per heavy atom. The number of anilines is 1. The van der Waals surface area contributed by atoms with Gasteiger partial charge in [-0.1, -0.05) is 32.1 Å². The van der Waals surface area contributed by atoms with Crippen LogP contribution in [0.3, 0.4) is 0 Å². The molecule has 0 radical (unpaired) electrons. The topological polar surface area (TPSA) is 157 Å². The van der Waals surface area contributed by atoms with Crippen molar-refractivity contribution >= 4 is 17.0 Å². The molecule has 33 heavy (non-hydrogen) atoms. The highest BCUT2D eigenvalue weighted by Crippen LogP contribution is 2.33. The van der Waals surface area contributed by atoms with Crippen LogP contribution in [0.4, 0.5) is 5.82 Å². The highest BCUT2D eigenvalue weighted by Gasteiger charge is 2.44. The molecular weight excluding hydrogens is 426 g/mol. The SMILES string of the molecule is Nc1nc(-c2cnn(CCCC3CCCCC3)c2)nc2c1ncn2C1OC(CO)C(O)[C@H]1O. The standard InChI is InChI=1S/C22H31N7O4/c23-19-16-21(29(12-24-16)22-18(32)17(31)15(11-30)33-22)27-20(26-19)14-9-25-28(10-14)8-4-7-13-5-2-1-3-6-13/h9-10,12-13,15,17-18,22,30-32H,1-8,11H2,(H2,23,26,27)/t15?,17?,18-,22?/m1/s1. The lowest BCUT2D eigenvalue weighted by Crippen LogP contribution is -2.33. The molecule has 0 bridgehead atoms. The summed E-state index contributed by atoms with van der Waals surface area (Å²) in [5.41, 5.74) is 7.62. The number of ether oxygens (including phenoxy) is 1. The van der Waals surface area contributed by atoms with Gasteiger partial charge in [0.25, 0.3) is 0 Å². The average molecular weight is 458 g/mol. The van der Waals surface area contributed by atoms with Gasteiger partial charge in [0.2, 0.25) is 0 Å². The van der Waals surface area contributed by atoms with Crippen LogP contribution in [0.1, 0.15) is 51.2 Å². The predicted octanol–water partition coefficient (Wildman–Crippen LogP) is 1.24. The number of aromatic nitrogens is 6. The van der Waals surface area contributed by atoms with Gasteiger partial charge in [-0.05, 0) is 18.8 Å². The summed E-state index contributed by atoms with van der Waals surface area (Å²) in [6.45, 7) is 0.429. The Morgan fingerprint density at radius 1 is 1.12 bits per heavy atom. The van der Waals surface area contributed by atoms with Crippen LogP contribution in [-0.2, 0) is 11.3 Å². The van der Waals surface area contributed by atoms with E-state index in [0.29, 0.717) is 17.0 Å². The molecule has 0 amide bonds. The van der Waals surface area contributed by atoms with E-state index in [-0.39, 0.29) is 5.82 Å². The van der Waals surface area contributed by atoms with Crippen LogP contribution >= 0.6 is 0 Å². The molecule has 3 unspecified atom stereocenters. The number of aliphatic hydroxyl groups is 3. The second kappa shape index (κ2) is 9.34. The van der Waals surface area contributed by atoms with E-state index in [9.17, 15) is 15.3 Å². The molecule has 2 fully saturated rings. The Morgan fingerprint density at radius 2 is 1.94 bits per heavy atom. The summed E-state index contributed by atoms with van der Waals surface area (Å²) in [4.78, 5) is 13.3. The minimum Gasteiger partial charge on any atom is -0.394 e. The van der Waals surface area contributed by atoms with Crippen molar-refractivity contribution < 1.29 is 20.1 Å². The van der Waals surface area contributed by atoms with Crippen molar-refractivity contribution in [1.82, 2.24) is 29.3 Å². The van der Waals surface area contributed by atoms with Gasteiger partial charge in [0.1, 0.15) is 23.8 Å². The van der Waals surface area contributed by atoms with E-state index in [1.807, 2.05) is 10.9 Å². The molecule has 1 aliphatic heterocycles. The first-order chi connectivity index (χ1) is 16.0. The number of imidazole rings is 1. The summed E-state index contributed by atoms with van der Waals surface area (Å²) in [6, 6.07) is 0. The third-order valence-corrected chi connectivity index (χ3v) is 6.86. The van der Waals surface area contributed by atoms with Gasteiger partial charge in [-0.15, -0.1) is 0 Å². The van der Waals surface area contributed by atoms with Crippen LogP contribution in [0.2, 0.25) is 0 Å². The van der Waals surface area contributed by atoms with Gasteiger partial charge in [0.05, 0.1) is 24.7 Å². The summed E-state index contributed by atoms with van der Waals surface area (Å²) in [5, 5.41) is 34.4. The lowest BCUT2D eigenvalue weighted by Gasteiger charge is -2.21. The van der Waals surface area contributed by atoms with Gasteiger partial charge in [-0.2, -0.15) is 5.10 Å². The number of hydrogen-bond acceptors (Lipinski definition) is 9. The summed E-state index contributed by atoms with van der Waals surface area (Å²) in [6.07, 6.45) is 9.86. The van der Waals surface area contributed by atoms with Crippen LogP contribution in [-0.4, -0.2) is 69.5 Å². The summed E-state index contributed by atoms with van der Waals surface area (Å²) in [5.74, 6) is 1.44. The second-order valence-electron chi connectivity index (χ2n) is 9.12. The van der Waals surface area contributed by atoms with Crippen LogP contribution in [0.15, 0.2) is 18.7 Å². The maximum atomic E-state index is 10.4. The highest BCUT2D eigenvalue weighted by molar-refractivity contribution is 5.83. The molecule has 4 heterocycles. The van der Waals surface area contributed by atoms with Gasteiger partial charge in [0, 0.05) is 12.7 Å². The highest BCUT2D eigenvalue weighted by atomic mass is 16.6. The zero-order chi connectivity index (χ0) is 22.9. The third kappa shape index (κ3) is 4.33. The van der Waals surface area contributed by atoms with E-state index in [1.54, 1.807) is 6.20 Å². The Labute approximate surface area is 191 Å². The lowest BCUT2D eigenvalue weighted by atomic mass is 9.86. The fraction of sp³-hybridized carbons (Fsp3) is 0.636. The number of nitrogen functional groups attached to an aromatic ring is 1. The maximum absolute atomic E-state index is 10.4. The molecule has 0 aromatic carbocycles. The molecule has 1 saturated heterocycles. The Bertz CT molecular complexity index is 1090. The number of aliphatic hydroxyl groups excluding tert-OH is 3. The van der Waals surface area contributed by atoms with E-state index in [2.05, 4.69) is 20.1 Å². The first kappa shape index (κ1) is 22.2. The van der Waals surface area contributed by atoms with Gasteiger partial charge in [-0.25, -0.2) is 15.0 Å². The smallest absolute Gasteiger partial charge is 0.168 e. The molecule has 5 N–H and O–H groups in total. The quantitative estimate of drug-likeness (QED) is 0.410. The minimum absolute atomic E-state index is 0.200. The molecule has 3 aromatic heterocycles. The summed E-state index contributed by atoms with van der Waals surface area (Å²) >= 11 is 0. The monoisotopic (exact) mass is 457 g/mol. The molecule has 4 atom stereocenters. The largest absolute Gasteiger partial charge is 0.394 e. The van der Waals surface area contributed by atoms with Crippen molar-refractivity contribution in [3.8, 4) is 11.4 Å². The second-order valence-corrected chi connectivity index (χ2v) is 9.12. The van der Waals surface area contributed by atoms with E-state index in [0.717, 1.165) is 24.4 Å². The average Bonchev–Trinajstić information content (AvgIpc) is 3.53. The van der Waals surface area contributed by atoms with Crippen molar-refractivity contribution in [2.45, 2.75) is 76.0 Å².